The van der Waals surface area contributed by atoms with Gasteiger partial charge in [0.25, 0.3) is 11.6 Å². The molecule has 2 aromatic heterocycles. The van der Waals surface area contributed by atoms with Crippen LogP contribution in [0, 0.1) is 16.0 Å². The normalized spacial score (nSPS) is 18.4. The SMILES string of the molecule is CC1CCc2c(sc3nc(C(C)C)nc(N4CCN(C(=O)c5cccc([N+](=O)[O-])c5)CC4)c23)C1. The van der Waals surface area contributed by atoms with Gasteiger partial charge in [0.1, 0.15) is 16.5 Å². The summed E-state index contributed by atoms with van der Waals surface area (Å²) in [6.07, 6.45) is 3.37. The molecule has 3 heterocycles. The minimum absolute atomic E-state index is 0.0642. The van der Waals surface area contributed by atoms with Gasteiger partial charge in [-0.15, -0.1) is 11.3 Å². The number of carbonyl (C=O) groups excluding carboxylic acids is 1. The zero-order valence-electron chi connectivity index (χ0n) is 19.8. The molecule has 0 radical (unpaired) electrons. The van der Waals surface area contributed by atoms with E-state index in [4.69, 9.17) is 9.97 Å². The topological polar surface area (TPSA) is 92.5 Å². The quantitative estimate of drug-likeness (QED) is 0.394. The molecule has 5 rings (SSSR count). The number of rotatable bonds is 4. The zero-order chi connectivity index (χ0) is 24.0. The van der Waals surface area contributed by atoms with E-state index in [0.717, 1.165) is 29.3 Å². The molecule has 2 aliphatic rings. The van der Waals surface area contributed by atoms with Gasteiger partial charge in [0.05, 0.1) is 10.3 Å². The first-order valence-corrected chi connectivity index (χ1v) is 12.7. The molecule has 0 spiro atoms. The molecule has 0 bridgehead atoms. The van der Waals surface area contributed by atoms with Crippen LogP contribution in [0.25, 0.3) is 10.2 Å². The molecule has 1 aliphatic carbocycles. The second kappa shape index (κ2) is 8.94. The van der Waals surface area contributed by atoms with Crippen LogP contribution in [0.1, 0.15) is 59.7 Å². The fourth-order valence-corrected chi connectivity index (χ4v) is 6.27. The number of non-ortho nitro benzene ring substituents is 1. The van der Waals surface area contributed by atoms with E-state index in [2.05, 4.69) is 25.7 Å². The number of nitro benzene ring substituents is 1. The summed E-state index contributed by atoms with van der Waals surface area (Å²) in [5.41, 5.74) is 1.71. The largest absolute Gasteiger partial charge is 0.352 e. The molecule has 1 atom stereocenters. The minimum atomic E-state index is -0.469. The van der Waals surface area contributed by atoms with Crippen molar-refractivity contribution in [1.29, 1.82) is 0 Å². The van der Waals surface area contributed by atoms with E-state index in [1.807, 2.05) is 11.3 Å². The zero-order valence-corrected chi connectivity index (χ0v) is 20.6. The molecule has 1 aromatic carbocycles. The van der Waals surface area contributed by atoms with Crippen molar-refractivity contribution < 1.29 is 9.72 Å². The summed E-state index contributed by atoms with van der Waals surface area (Å²) in [4.78, 5) is 40.2. The van der Waals surface area contributed by atoms with Crippen LogP contribution in [0.15, 0.2) is 24.3 Å². The molecule has 8 nitrogen and oxygen atoms in total. The Bertz CT molecular complexity index is 1260. The smallest absolute Gasteiger partial charge is 0.270 e. The second-order valence-electron chi connectivity index (χ2n) is 9.68. The van der Waals surface area contributed by atoms with Gasteiger partial charge < -0.3 is 9.80 Å². The lowest BCUT2D eigenvalue weighted by Crippen LogP contribution is -2.49. The predicted octanol–water partition coefficient (Wildman–Crippen LogP) is 4.81. The first-order chi connectivity index (χ1) is 16.3. The highest BCUT2D eigenvalue weighted by atomic mass is 32.1. The molecule has 0 N–H and O–H groups in total. The number of aryl methyl sites for hydroxylation is 1. The average molecular weight is 480 g/mol. The molecule has 1 saturated heterocycles. The molecule has 1 unspecified atom stereocenters. The Morgan fingerprint density at radius 3 is 2.68 bits per heavy atom. The molecular weight excluding hydrogens is 450 g/mol. The fraction of sp³-hybridized carbons (Fsp3) is 0.480. The number of fused-ring (bicyclic) bond motifs is 3. The van der Waals surface area contributed by atoms with Gasteiger partial charge in [0, 0.05) is 54.7 Å². The van der Waals surface area contributed by atoms with Gasteiger partial charge in [0.2, 0.25) is 0 Å². The van der Waals surface area contributed by atoms with Crippen molar-refractivity contribution in [2.45, 2.75) is 46.0 Å². The first-order valence-electron chi connectivity index (χ1n) is 11.9. The van der Waals surface area contributed by atoms with Gasteiger partial charge >= 0.3 is 0 Å². The number of hydrogen-bond donors (Lipinski definition) is 0. The summed E-state index contributed by atoms with van der Waals surface area (Å²) < 4.78 is 0. The Kier molecular flexibility index (Phi) is 5.97. The number of nitro groups is 1. The van der Waals surface area contributed by atoms with E-state index in [9.17, 15) is 14.9 Å². The second-order valence-corrected chi connectivity index (χ2v) is 10.8. The minimum Gasteiger partial charge on any atom is -0.352 e. The third-order valence-corrected chi connectivity index (χ3v) is 7.99. The molecule has 34 heavy (non-hydrogen) atoms. The van der Waals surface area contributed by atoms with E-state index in [1.165, 1.54) is 34.4 Å². The number of benzene rings is 1. The number of thiophene rings is 1. The van der Waals surface area contributed by atoms with Crippen molar-refractivity contribution in [3.05, 3.63) is 56.2 Å². The number of hydrogen-bond acceptors (Lipinski definition) is 7. The highest BCUT2D eigenvalue weighted by Gasteiger charge is 2.29. The van der Waals surface area contributed by atoms with Crippen molar-refractivity contribution in [3.63, 3.8) is 0 Å². The van der Waals surface area contributed by atoms with E-state index in [0.29, 0.717) is 37.7 Å². The molecule has 1 amide bonds. The van der Waals surface area contributed by atoms with E-state index < -0.39 is 4.92 Å². The van der Waals surface area contributed by atoms with Crippen LogP contribution in [0.5, 0.6) is 0 Å². The Morgan fingerprint density at radius 1 is 1.21 bits per heavy atom. The van der Waals surface area contributed by atoms with Gasteiger partial charge in [0.15, 0.2) is 0 Å². The van der Waals surface area contributed by atoms with Gasteiger partial charge in [-0.2, -0.15) is 0 Å². The third kappa shape index (κ3) is 4.13. The Balaban J connectivity index is 1.42. The highest BCUT2D eigenvalue weighted by molar-refractivity contribution is 7.19. The summed E-state index contributed by atoms with van der Waals surface area (Å²) in [5, 5.41) is 12.3. The summed E-state index contributed by atoms with van der Waals surface area (Å²) in [7, 11) is 0. The molecule has 178 valence electrons. The lowest BCUT2D eigenvalue weighted by molar-refractivity contribution is -0.384. The van der Waals surface area contributed by atoms with Crippen LogP contribution in [0.4, 0.5) is 11.5 Å². The van der Waals surface area contributed by atoms with Crippen molar-refractivity contribution in [2.75, 3.05) is 31.1 Å². The Morgan fingerprint density at radius 2 is 1.97 bits per heavy atom. The lowest BCUT2D eigenvalue weighted by atomic mass is 9.89. The van der Waals surface area contributed by atoms with Gasteiger partial charge in [-0.05, 0) is 36.8 Å². The number of anilines is 1. The van der Waals surface area contributed by atoms with Crippen molar-refractivity contribution in [2.24, 2.45) is 5.92 Å². The van der Waals surface area contributed by atoms with Gasteiger partial charge in [-0.25, -0.2) is 9.97 Å². The molecule has 1 fully saturated rings. The third-order valence-electron chi connectivity index (χ3n) is 6.84. The van der Waals surface area contributed by atoms with Crippen LogP contribution in [0.2, 0.25) is 0 Å². The Labute approximate surface area is 202 Å². The van der Waals surface area contributed by atoms with Crippen molar-refractivity contribution in [1.82, 2.24) is 14.9 Å². The number of carbonyl (C=O) groups is 1. The number of nitrogens with zero attached hydrogens (tertiary/aromatic N) is 5. The molecule has 3 aromatic rings. The van der Waals surface area contributed by atoms with Crippen molar-refractivity contribution in [3.8, 4) is 0 Å². The van der Waals surface area contributed by atoms with Crippen LogP contribution in [-0.2, 0) is 12.8 Å². The summed E-state index contributed by atoms with van der Waals surface area (Å²) in [6.45, 7) is 9.00. The van der Waals surface area contributed by atoms with Crippen LogP contribution in [-0.4, -0.2) is 51.9 Å². The number of amides is 1. The van der Waals surface area contributed by atoms with Gasteiger partial charge in [-0.3, -0.25) is 14.9 Å². The average Bonchev–Trinajstić information content (AvgIpc) is 3.20. The van der Waals surface area contributed by atoms with Gasteiger partial charge in [-0.1, -0.05) is 26.8 Å². The van der Waals surface area contributed by atoms with Crippen molar-refractivity contribution >= 4 is 39.0 Å². The van der Waals surface area contributed by atoms with E-state index in [1.54, 1.807) is 17.0 Å². The van der Waals surface area contributed by atoms with Crippen LogP contribution < -0.4 is 4.90 Å². The molecule has 0 saturated carbocycles. The molecule has 9 heteroatoms. The number of piperazine rings is 1. The summed E-state index contributed by atoms with van der Waals surface area (Å²) in [6, 6.07) is 5.97. The maximum atomic E-state index is 13.0. The number of aromatic nitrogens is 2. The fourth-order valence-electron chi connectivity index (χ4n) is 4.88. The van der Waals surface area contributed by atoms with Crippen LogP contribution in [0.3, 0.4) is 0 Å². The lowest BCUT2D eigenvalue weighted by Gasteiger charge is -2.36. The summed E-state index contributed by atoms with van der Waals surface area (Å²) >= 11 is 1.82. The van der Waals surface area contributed by atoms with Crippen LogP contribution >= 0.6 is 11.3 Å². The molecule has 1 aliphatic heterocycles. The Hall–Kier alpha value is -3.07. The molecular formula is C25H29N5O3S. The highest BCUT2D eigenvalue weighted by Crippen LogP contribution is 2.41. The predicted molar refractivity (Wildman–Crippen MR) is 134 cm³/mol. The van der Waals surface area contributed by atoms with E-state index >= 15 is 0 Å². The maximum absolute atomic E-state index is 13.0. The standard InChI is InChI=1S/C25H29N5O3S/c1-15(2)22-26-23(21-19-8-7-16(3)13-20(19)34-24(21)27-22)28-9-11-29(12-10-28)25(31)17-5-4-6-18(14-17)30(32)33/h4-6,14-16H,7-13H2,1-3H3. The van der Waals surface area contributed by atoms with E-state index in [-0.39, 0.29) is 17.5 Å². The maximum Gasteiger partial charge on any atom is 0.270 e. The monoisotopic (exact) mass is 479 g/mol. The summed E-state index contributed by atoms with van der Waals surface area (Å²) in [5.74, 6) is 2.64. The first kappa shape index (κ1) is 22.7.